The van der Waals surface area contributed by atoms with Gasteiger partial charge in [0.25, 0.3) is 5.69 Å². The van der Waals surface area contributed by atoms with Crippen molar-refractivity contribution in [1.82, 2.24) is 0 Å². The number of carbonyl (C=O) groups is 1. The molecule has 0 fully saturated rings. The van der Waals surface area contributed by atoms with Gasteiger partial charge < -0.3 is 10.2 Å². The van der Waals surface area contributed by atoms with Crippen LogP contribution in [-0.4, -0.2) is 21.1 Å². The fraction of sp³-hybridized carbons (Fsp3) is 0.125. The number of hydrogen-bond acceptors (Lipinski definition) is 4. The van der Waals surface area contributed by atoms with Gasteiger partial charge in [0.1, 0.15) is 5.82 Å². The second-order valence-corrected chi connectivity index (χ2v) is 3.68. The zero-order valence-corrected chi connectivity index (χ0v) is 9.14. The molecule has 2 N–H and O–H groups in total. The smallest absolute Gasteiger partial charge is 0.337 e. The zero-order valence-electron chi connectivity index (χ0n) is 7.55. The summed E-state index contributed by atoms with van der Waals surface area (Å²) in [6.07, 6.45) is -2.13. The Hall–Kier alpha value is -1.54. The Morgan fingerprint density at radius 3 is 2.56 bits per heavy atom. The molecule has 6 nitrogen and oxygen atoms in total. The van der Waals surface area contributed by atoms with Crippen LogP contribution in [0.3, 0.4) is 0 Å². The van der Waals surface area contributed by atoms with E-state index < -0.39 is 34.1 Å². The normalized spacial score (nSPS) is 12.2. The standard InChI is InChI=1S/C8H5BrFNO5/c9-4-2-5(10)3(7(12)8(13)14)1-6(4)11(15)16/h1-2,7,12H,(H,13,14). The summed E-state index contributed by atoms with van der Waals surface area (Å²) >= 11 is 2.76. The molecule has 1 aromatic rings. The number of rotatable bonds is 3. The molecule has 0 heterocycles. The molecular weight excluding hydrogens is 289 g/mol. The topological polar surface area (TPSA) is 101 Å². The van der Waals surface area contributed by atoms with Crippen molar-refractivity contribution in [2.45, 2.75) is 6.10 Å². The Balaban J connectivity index is 3.35. The predicted molar refractivity (Wildman–Crippen MR) is 53.4 cm³/mol. The molecule has 0 bridgehead atoms. The van der Waals surface area contributed by atoms with Crippen LogP contribution in [0.5, 0.6) is 0 Å². The first kappa shape index (κ1) is 12.5. The van der Waals surface area contributed by atoms with Crippen LogP contribution in [0.15, 0.2) is 16.6 Å². The molecule has 16 heavy (non-hydrogen) atoms. The number of nitro groups is 1. The van der Waals surface area contributed by atoms with Gasteiger partial charge >= 0.3 is 5.97 Å². The molecule has 0 aromatic heterocycles. The number of aliphatic hydroxyl groups excluding tert-OH is 1. The van der Waals surface area contributed by atoms with E-state index in [9.17, 15) is 19.3 Å². The van der Waals surface area contributed by atoms with Crippen molar-refractivity contribution in [3.8, 4) is 0 Å². The van der Waals surface area contributed by atoms with Gasteiger partial charge in [-0.25, -0.2) is 9.18 Å². The Bertz CT molecular complexity index is 464. The first-order valence-corrected chi connectivity index (χ1v) is 4.68. The lowest BCUT2D eigenvalue weighted by molar-refractivity contribution is -0.385. The van der Waals surface area contributed by atoms with Crippen LogP contribution in [0, 0.1) is 15.9 Å². The molecule has 0 saturated carbocycles. The number of carboxylic acids is 1. The number of carboxylic acid groups (broad SMARTS) is 1. The van der Waals surface area contributed by atoms with Gasteiger partial charge in [-0.05, 0) is 22.0 Å². The Kier molecular flexibility index (Phi) is 3.55. The second kappa shape index (κ2) is 4.54. The van der Waals surface area contributed by atoms with Gasteiger partial charge in [-0.15, -0.1) is 0 Å². The third-order valence-electron chi connectivity index (χ3n) is 1.79. The molecule has 0 amide bonds. The third kappa shape index (κ3) is 2.34. The average Bonchev–Trinajstić information content (AvgIpc) is 2.16. The van der Waals surface area contributed by atoms with Gasteiger partial charge in [0.05, 0.1) is 9.40 Å². The number of benzene rings is 1. The number of aliphatic hydroxyl groups is 1. The van der Waals surface area contributed by atoms with Crippen molar-refractivity contribution < 1.29 is 24.3 Å². The number of aliphatic carboxylic acids is 1. The molecule has 8 heteroatoms. The highest BCUT2D eigenvalue weighted by atomic mass is 79.9. The van der Waals surface area contributed by atoms with Crippen molar-refractivity contribution in [2.75, 3.05) is 0 Å². The van der Waals surface area contributed by atoms with Crippen molar-refractivity contribution >= 4 is 27.6 Å². The van der Waals surface area contributed by atoms with E-state index in [-0.39, 0.29) is 4.47 Å². The van der Waals surface area contributed by atoms with Gasteiger partial charge in [-0.1, -0.05) is 0 Å². The monoisotopic (exact) mass is 293 g/mol. The first-order valence-electron chi connectivity index (χ1n) is 3.88. The third-order valence-corrected chi connectivity index (χ3v) is 2.43. The van der Waals surface area contributed by atoms with Crippen molar-refractivity contribution in [2.24, 2.45) is 0 Å². The van der Waals surface area contributed by atoms with E-state index in [1.807, 2.05) is 0 Å². The van der Waals surface area contributed by atoms with E-state index in [2.05, 4.69) is 15.9 Å². The summed E-state index contributed by atoms with van der Waals surface area (Å²) in [5, 5.41) is 28.1. The van der Waals surface area contributed by atoms with E-state index in [4.69, 9.17) is 10.2 Å². The van der Waals surface area contributed by atoms with E-state index >= 15 is 0 Å². The molecular formula is C8H5BrFNO5. The van der Waals surface area contributed by atoms with Crippen LogP contribution in [0.2, 0.25) is 0 Å². The second-order valence-electron chi connectivity index (χ2n) is 2.82. The highest BCUT2D eigenvalue weighted by molar-refractivity contribution is 9.10. The molecule has 1 atom stereocenters. The average molecular weight is 294 g/mol. The minimum Gasteiger partial charge on any atom is -0.479 e. The lowest BCUT2D eigenvalue weighted by Crippen LogP contribution is -2.12. The number of nitro benzene ring substituents is 1. The molecule has 0 aliphatic rings. The Morgan fingerprint density at radius 2 is 2.12 bits per heavy atom. The summed E-state index contributed by atoms with van der Waals surface area (Å²) in [7, 11) is 0. The SMILES string of the molecule is O=C(O)C(O)c1cc([N+](=O)[O-])c(Br)cc1F. The molecule has 1 rings (SSSR count). The summed E-state index contributed by atoms with van der Waals surface area (Å²) in [5.41, 5.74) is -1.17. The highest BCUT2D eigenvalue weighted by Gasteiger charge is 2.25. The van der Waals surface area contributed by atoms with Crippen LogP contribution < -0.4 is 0 Å². The number of hydrogen-bond donors (Lipinski definition) is 2. The van der Waals surface area contributed by atoms with Crippen LogP contribution in [0.4, 0.5) is 10.1 Å². The summed E-state index contributed by atoms with van der Waals surface area (Å²) in [4.78, 5) is 20.1. The van der Waals surface area contributed by atoms with Gasteiger partial charge in [-0.2, -0.15) is 0 Å². The van der Waals surface area contributed by atoms with Gasteiger partial charge in [0.15, 0.2) is 6.10 Å². The summed E-state index contributed by atoms with van der Waals surface area (Å²) in [5.74, 6) is -2.72. The highest BCUT2D eigenvalue weighted by Crippen LogP contribution is 2.30. The van der Waals surface area contributed by atoms with Crippen molar-refractivity contribution in [1.29, 1.82) is 0 Å². The fourth-order valence-electron chi connectivity index (χ4n) is 1.04. The van der Waals surface area contributed by atoms with E-state index in [1.165, 1.54) is 0 Å². The molecule has 0 aliphatic heterocycles. The molecule has 0 saturated heterocycles. The predicted octanol–water partition coefficient (Wildman–Crippen LogP) is 1.61. The maximum absolute atomic E-state index is 13.2. The van der Waals surface area contributed by atoms with Crippen LogP contribution in [-0.2, 0) is 4.79 Å². The lowest BCUT2D eigenvalue weighted by Gasteiger charge is -2.07. The van der Waals surface area contributed by atoms with Gasteiger partial charge in [0, 0.05) is 11.6 Å². The summed E-state index contributed by atoms with van der Waals surface area (Å²) < 4.78 is 13.1. The van der Waals surface area contributed by atoms with Crippen LogP contribution in [0.25, 0.3) is 0 Å². The van der Waals surface area contributed by atoms with Crippen LogP contribution >= 0.6 is 15.9 Å². The molecule has 86 valence electrons. The van der Waals surface area contributed by atoms with Crippen LogP contribution in [0.1, 0.15) is 11.7 Å². The molecule has 1 aromatic carbocycles. The van der Waals surface area contributed by atoms with E-state index in [0.717, 1.165) is 6.07 Å². The Morgan fingerprint density at radius 1 is 1.56 bits per heavy atom. The van der Waals surface area contributed by atoms with E-state index in [0.29, 0.717) is 6.07 Å². The first-order chi connectivity index (χ1) is 7.34. The lowest BCUT2D eigenvalue weighted by atomic mass is 10.1. The quantitative estimate of drug-likeness (QED) is 0.651. The summed E-state index contributed by atoms with van der Waals surface area (Å²) in [6, 6.07) is 1.41. The minimum atomic E-state index is -2.13. The minimum absolute atomic E-state index is 0.128. The van der Waals surface area contributed by atoms with Gasteiger partial charge in [-0.3, -0.25) is 10.1 Å². The Labute approximate surface area is 96.6 Å². The van der Waals surface area contributed by atoms with E-state index in [1.54, 1.807) is 0 Å². The number of nitrogens with zero attached hydrogens (tertiary/aromatic N) is 1. The van der Waals surface area contributed by atoms with Crippen molar-refractivity contribution in [3.05, 3.63) is 38.1 Å². The number of halogens is 2. The maximum Gasteiger partial charge on any atom is 0.337 e. The zero-order chi connectivity index (χ0) is 12.5. The molecule has 0 spiro atoms. The summed E-state index contributed by atoms with van der Waals surface area (Å²) in [6.45, 7) is 0. The largest absolute Gasteiger partial charge is 0.479 e. The molecule has 0 aliphatic carbocycles. The van der Waals surface area contributed by atoms with Gasteiger partial charge in [0.2, 0.25) is 0 Å². The maximum atomic E-state index is 13.2. The fourth-order valence-corrected chi connectivity index (χ4v) is 1.50. The van der Waals surface area contributed by atoms with Crippen molar-refractivity contribution in [3.63, 3.8) is 0 Å². The molecule has 1 unspecified atom stereocenters. The molecule has 0 radical (unpaired) electrons.